The van der Waals surface area contributed by atoms with Gasteiger partial charge in [-0.3, -0.25) is 4.57 Å². The Balaban J connectivity index is 1.50. The third-order valence-electron chi connectivity index (χ3n) is 5.38. The number of imidazole rings is 1. The van der Waals surface area contributed by atoms with E-state index in [1.54, 1.807) is 0 Å². The number of aromatic nitrogens is 2. The topological polar surface area (TPSA) is 59.0 Å². The van der Waals surface area contributed by atoms with Crippen molar-refractivity contribution in [3.63, 3.8) is 0 Å². The summed E-state index contributed by atoms with van der Waals surface area (Å²) < 4.78 is 2.17. The number of unbranched alkanes of at least 4 members (excludes halogenated alkanes) is 2. The molecule has 1 heterocycles. The van der Waals surface area contributed by atoms with E-state index in [4.69, 9.17) is 4.98 Å². The van der Waals surface area contributed by atoms with Gasteiger partial charge in [0.05, 0.1) is 11.0 Å². The van der Waals surface area contributed by atoms with Crippen molar-refractivity contribution in [1.29, 1.82) is 0 Å². The molecule has 0 bridgehead atoms. The first kappa shape index (κ1) is 20.7. The second-order valence-corrected chi connectivity index (χ2v) is 7.70. The summed E-state index contributed by atoms with van der Waals surface area (Å²) in [5.74, 6) is 0.961. The molecule has 0 fully saturated rings. The predicted molar refractivity (Wildman–Crippen MR) is 128 cm³/mol. The number of nitrogens with one attached hydrogen (secondary N) is 2. The Morgan fingerprint density at radius 3 is 2.42 bits per heavy atom. The number of anilines is 1. The Morgan fingerprint density at radius 1 is 0.935 bits per heavy atom. The van der Waals surface area contributed by atoms with Gasteiger partial charge in [0.1, 0.15) is 5.82 Å². The quantitative estimate of drug-likeness (QED) is 0.349. The van der Waals surface area contributed by atoms with Crippen LogP contribution in [0.25, 0.3) is 27.8 Å². The van der Waals surface area contributed by atoms with E-state index in [0.717, 1.165) is 58.6 Å². The molecule has 5 heteroatoms. The van der Waals surface area contributed by atoms with Gasteiger partial charge < -0.3 is 10.6 Å². The van der Waals surface area contributed by atoms with Crippen LogP contribution in [-0.2, 0) is 0 Å². The standard InChI is InChI=1S/C26H28N4O/c1-3-4-8-17-27-26(31)29-22-14-11-20(12-15-22)21-13-16-25-24(18-21)28-19(2)30(25)23-9-6-5-7-10-23/h5-7,9-16,18H,3-4,8,17H2,1-2H3,(H2,27,29,31). The minimum absolute atomic E-state index is 0.160. The summed E-state index contributed by atoms with van der Waals surface area (Å²) in [7, 11) is 0. The van der Waals surface area contributed by atoms with Crippen molar-refractivity contribution >= 4 is 22.8 Å². The van der Waals surface area contributed by atoms with Crippen LogP contribution in [0.3, 0.4) is 0 Å². The van der Waals surface area contributed by atoms with Gasteiger partial charge in [0.25, 0.3) is 0 Å². The van der Waals surface area contributed by atoms with Gasteiger partial charge in [0.2, 0.25) is 0 Å². The summed E-state index contributed by atoms with van der Waals surface area (Å²) in [5, 5.41) is 5.78. The van der Waals surface area contributed by atoms with Gasteiger partial charge in [-0.1, -0.05) is 56.2 Å². The van der Waals surface area contributed by atoms with Crippen LogP contribution in [0, 0.1) is 6.92 Å². The maximum atomic E-state index is 12.0. The number of benzene rings is 3. The lowest BCUT2D eigenvalue weighted by molar-refractivity contribution is 0.252. The lowest BCUT2D eigenvalue weighted by Gasteiger charge is -2.09. The SMILES string of the molecule is CCCCCNC(=O)Nc1ccc(-c2ccc3c(c2)nc(C)n3-c2ccccc2)cc1. The number of aryl methyl sites for hydroxylation is 1. The fourth-order valence-corrected chi connectivity index (χ4v) is 3.78. The molecule has 5 nitrogen and oxygen atoms in total. The second-order valence-electron chi connectivity index (χ2n) is 7.70. The van der Waals surface area contributed by atoms with E-state index in [-0.39, 0.29) is 6.03 Å². The van der Waals surface area contributed by atoms with Crippen LogP contribution in [0.5, 0.6) is 0 Å². The molecule has 4 rings (SSSR count). The molecule has 4 aromatic rings. The maximum Gasteiger partial charge on any atom is 0.319 e. The van der Waals surface area contributed by atoms with Gasteiger partial charge in [-0.2, -0.15) is 0 Å². The maximum absolute atomic E-state index is 12.0. The molecule has 0 radical (unpaired) electrons. The number of nitrogens with zero attached hydrogens (tertiary/aromatic N) is 2. The number of fused-ring (bicyclic) bond motifs is 1. The van der Waals surface area contributed by atoms with Crippen LogP contribution < -0.4 is 10.6 Å². The number of carbonyl (C=O) groups excluding carboxylic acids is 1. The van der Waals surface area contributed by atoms with Crippen LogP contribution >= 0.6 is 0 Å². The largest absolute Gasteiger partial charge is 0.338 e. The van der Waals surface area contributed by atoms with E-state index in [1.165, 1.54) is 0 Å². The third-order valence-corrected chi connectivity index (χ3v) is 5.38. The van der Waals surface area contributed by atoms with Crippen LogP contribution in [-0.4, -0.2) is 22.1 Å². The van der Waals surface area contributed by atoms with Gasteiger partial charge in [-0.25, -0.2) is 9.78 Å². The summed E-state index contributed by atoms with van der Waals surface area (Å²) in [6.07, 6.45) is 3.27. The minimum Gasteiger partial charge on any atom is -0.338 e. The summed E-state index contributed by atoms with van der Waals surface area (Å²) in [4.78, 5) is 16.8. The van der Waals surface area contributed by atoms with E-state index in [9.17, 15) is 4.79 Å². The summed E-state index contributed by atoms with van der Waals surface area (Å²) in [6, 6.07) is 24.4. The fraction of sp³-hybridized carbons (Fsp3) is 0.231. The van der Waals surface area contributed by atoms with E-state index in [2.05, 4.69) is 52.5 Å². The Hall–Kier alpha value is -3.60. The smallest absolute Gasteiger partial charge is 0.319 e. The van der Waals surface area contributed by atoms with Crippen molar-refractivity contribution in [1.82, 2.24) is 14.9 Å². The summed E-state index contributed by atoms with van der Waals surface area (Å²) in [5.41, 5.74) is 6.13. The number of rotatable bonds is 7. The average Bonchev–Trinajstić information content (AvgIpc) is 3.12. The molecular weight excluding hydrogens is 384 g/mol. The number of hydrogen-bond acceptors (Lipinski definition) is 2. The molecule has 0 aliphatic rings. The summed E-state index contributed by atoms with van der Waals surface area (Å²) in [6.45, 7) is 4.88. The molecule has 0 saturated carbocycles. The Kier molecular flexibility index (Phi) is 6.32. The molecule has 0 saturated heterocycles. The van der Waals surface area contributed by atoms with Crippen molar-refractivity contribution in [3.8, 4) is 16.8 Å². The Labute approximate surface area is 183 Å². The van der Waals surface area contributed by atoms with Crippen molar-refractivity contribution in [2.75, 3.05) is 11.9 Å². The van der Waals surface area contributed by atoms with E-state index in [0.29, 0.717) is 6.54 Å². The zero-order valence-electron chi connectivity index (χ0n) is 18.1. The van der Waals surface area contributed by atoms with Crippen molar-refractivity contribution in [2.45, 2.75) is 33.1 Å². The highest BCUT2D eigenvalue weighted by Gasteiger charge is 2.10. The van der Waals surface area contributed by atoms with Crippen LogP contribution in [0.2, 0.25) is 0 Å². The van der Waals surface area contributed by atoms with Gasteiger partial charge in [0.15, 0.2) is 0 Å². The zero-order valence-corrected chi connectivity index (χ0v) is 18.1. The average molecular weight is 413 g/mol. The molecule has 1 aromatic heterocycles. The molecule has 2 amide bonds. The van der Waals surface area contributed by atoms with E-state index >= 15 is 0 Å². The molecule has 3 aromatic carbocycles. The van der Waals surface area contributed by atoms with Crippen LogP contribution in [0.15, 0.2) is 72.8 Å². The lowest BCUT2D eigenvalue weighted by Crippen LogP contribution is -2.29. The Morgan fingerprint density at radius 2 is 1.68 bits per heavy atom. The number of urea groups is 1. The van der Waals surface area contributed by atoms with E-state index in [1.807, 2.05) is 49.4 Å². The number of amides is 2. The molecule has 158 valence electrons. The molecule has 0 aliphatic carbocycles. The predicted octanol–water partition coefficient (Wildman–Crippen LogP) is 6.31. The van der Waals surface area contributed by atoms with Gasteiger partial charge in [0, 0.05) is 17.9 Å². The highest BCUT2D eigenvalue weighted by atomic mass is 16.2. The fourth-order valence-electron chi connectivity index (χ4n) is 3.78. The minimum atomic E-state index is -0.160. The van der Waals surface area contributed by atoms with Crippen molar-refractivity contribution < 1.29 is 4.79 Å². The summed E-state index contributed by atoms with van der Waals surface area (Å²) >= 11 is 0. The molecule has 0 aliphatic heterocycles. The molecular formula is C26H28N4O. The first-order valence-corrected chi connectivity index (χ1v) is 10.9. The highest BCUT2D eigenvalue weighted by molar-refractivity contribution is 5.90. The van der Waals surface area contributed by atoms with Crippen LogP contribution in [0.1, 0.15) is 32.0 Å². The molecule has 0 spiro atoms. The molecule has 31 heavy (non-hydrogen) atoms. The second kappa shape index (κ2) is 9.47. The van der Waals surface area contributed by atoms with Crippen LogP contribution in [0.4, 0.5) is 10.5 Å². The normalized spacial score (nSPS) is 10.9. The van der Waals surface area contributed by atoms with Gasteiger partial charge >= 0.3 is 6.03 Å². The number of hydrogen-bond donors (Lipinski definition) is 2. The van der Waals surface area contributed by atoms with E-state index < -0.39 is 0 Å². The number of carbonyl (C=O) groups is 1. The van der Waals surface area contributed by atoms with Crippen molar-refractivity contribution in [3.05, 3.63) is 78.6 Å². The molecule has 0 atom stereocenters. The molecule has 0 unspecified atom stereocenters. The van der Waals surface area contributed by atoms with Gasteiger partial charge in [-0.05, 0) is 60.9 Å². The van der Waals surface area contributed by atoms with Gasteiger partial charge in [-0.15, -0.1) is 0 Å². The number of para-hydroxylation sites is 1. The zero-order chi connectivity index (χ0) is 21.6. The lowest BCUT2D eigenvalue weighted by atomic mass is 10.0. The van der Waals surface area contributed by atoms with Crippen molar-refractivity contribution in [2.24, 2.45) is 0 Å². The third kappa shape index (κ3) is 4.77. The highest BCUT2D eigenvalue weighted by Crippen LogP contribution is 2.27. The monoisotopic (exact) mass is 412 g/mol. The molecule has 2 N–H and O–H groups in total. The first-order chi connectivity index (χ1) is 15.2. The first-order valence-electron chi connectivity index (χ1n) is 10.9. The Bertz CT molecular complexity index is 1160.